The minimum Gasteiger partial charge on any atom is -0.479 e. The SMILES string of the molecule is COC(CNc1nncs1)C(=O)O. The molecule has 0 saturated heterocycles. The number of nitrogens with zero attached hydrogens (tertiary/aromatic N) is 2. The summed E-state index contributed by atoms with van der Waals surface area (Å²) >= 11 is 1.31. The number of nitrogens with one attached hydrogen (secondary N) is 1. The maximum atomic E-state index is 10.5. The molecule has 72 valence electrons. The van der Waals surface area contributed by atoms with Crippen molar-refractivity contribution in [2.75, 3.05) is 19.0 Å². The second kappa shape index (κ2) is 4.73. The predicted octanol–water partition coefficient (Wildman–Crippen LogP) is 0.0496. The molecule has 0 radical (unpaired) electrons. The Hall–Kier alpha value is -1.21. The molecule has 6 nitrogen and oxygen atoms in total. The van der Waals surface area contributed by atoms with Crippen LogP contribution in [-0.2, 0) is 9.53 Å². The van der Waals surface area contributed by atoms with Crippen molar-refractivity contribution >= 4 is 22.4 Å². The molecule has 1 unspecified atom stereocenters. The van der Waals surface area contributed by atoms with E-state index in [1.54, 1.807) is 5.51 Å². The van der Waals surface area contributed by atoms with Gasteiger partial charge in [0.15, 0.2) is 6.10 Å². The smallest absolute Gasteiger partial charge is 0.334 e. The first-order chi connectivity index (χ1) is 6.24. The van der Waals surface area contributed by atoms with Crippen LogP contribution in [0.2, 0.25) is 0 Å². The summed E-state index contributed by atoms with van der Waals surface area (Å²) in [6.07, 6.45) is -0.858. The van der Waals surface area contributed by atoms with E-state index in [1.807, 2.05) is 0 Å². The molecule has 0 aliphatic carbocycles. The largest absolute Gasteiger partial charge is 0.479 e. The highest BCUT2D eigenvalue weighted by Crippen LogP contribution is 2.07. The van der Waals surface area contributed by atoms with Crippen LogP contribution < -0.4 is 5.32 Å². The molecule has 0 spiro atoms. The van der Waals surface area contributed by atoms with Gasteiger partial charge >= 0.3 is 5.97 Å². The third-order valence-electron chi connectivity index (χ3n) is 1.36. The Bertz CT molecular complexity index is 264. The van der Waals surface area contributed by atoms with Crippen molar-refractivity contribution in [3.8, 4) is 0 Å². The Labute approximate surface area is 78.6 Å². The molecule has 1 rings (SSSR count). The fraction of sp³-hybridized carbons (Fsp3) is 0.500. The van der Waals surface area contributed by atoms with Gasteiger partial charge in [0.1, 0.15) is 5.51 Å². The van der Waals surface area contributed by atoms with Crippen LogP contribution in [0.15, 0.2) is 5.51 Å². The molecule has 13 heavy (non-hydrogen) atoms. The van der Waals surface area contributed by atoms with Gasteiger partial charge in [-0.2, -0.15) is 0 Å². The Balaban J connectivity index is 2.36. The molecule has 0 amide bonds. The van der Waals surface area contributed by atoms with E-state index in [1.165, 1.54) is 18.4 Å². The molecule has 1 atom stereocenters. The Morgan fingerprint density at radius 1 is 1.92 bits per heavy atom. The van der Waals surface area contributed by atoms with Crippen LogP contribution in [0.3, 0.4) is 0 Å². The lowest BCUT2D eigenvalue weighted by Crippen LogP contribution is -2.30. The van der Waals surface area contributed by atoms with Gasteiger partial charge in [-0.25, -0.2) is 4.79 Å². The van der Waals surface area contributed by atoms with Gasteiger partial charge in [0.05, 0.1) is 6.54 Å². The molecule has 2 N–H and O–H groups in total. The quantitative estimate of drug-likeness (QED) is 0.703. The van der Waals surface area contributed by atoms with Crippen LogP contribution in [0, 0.1) is 0 Å². The molecule has 7 heteroatoms. The van der Waals surface area contributed by atoms with Crippen molar-refractivity contribution in [1.82, 2.24) is 10.2 Å². The van der Waals surface area contributed by atoms with Crippen LogP contribution in [0.5, 0.6) is 0 Å². The molecule has 0 fully saturated rings. The van der Waals surface area contributed by atoms with E-state index in [0.717, 1.165) is 0 Å². The van der Waals surface area contributed by atoms with Crippen LogP contribution >= 0.6 is 11.3 Å². The van der Waals surface area contributed by atoms with E-state index >= 15 is 0 Å². The molecular formula is C6H9N3O3S. The minimum atomic E-state index is -1.00. The van der Waals surface area contributed by atoms with Gasteiger partial charge in [-0.1, -0.05) is 11.3 Å². The number of rotatable bonds is 5. The topological polar surface area (TPSA) is 84.3 Å². The monoisotopic (exact) mass is 203 g/mol. The number of hydrogen-bond acceptors (Lipinski definition) is 6. The van der Waals surface area contributed by atoms with Crippen molar-refractivity contribution in [3.63, 3.8) is 0 Å². The molecule has 1 aromatic rings. The maximum Gasteiger partial charge on any atom is 0.334 e. The van der Waals surface area contributed by atoms with Crippen molar-refractivity contribution in [3.05, 3.63) is 5.51 Å². The maximum absolute atomic E-state index is 10.5. The van der Waals surface area contributed by atoms with Crippen LogP contribution in [0.1, 0.15) is 0 Å². The minimum absolute atomic E-state index is 0.182. The van der Waals surface area contributed by atoms with Gasteiger partial charge in [0.2, 0.25) is 5.13 Å². The van der Waals surface area contributed by atoms with Gasteiger partial charge in [-0.3, -0.25) is 0 Å². The average Bonchev–Trinajstić information content (AvgIpc) is 2.57. The van der Waals surface area contributed by atoms with Gasteiger partial charge in [0.25, 0.3) is 0 Å². The van der Waals surface area contributed by atoms with Crippen LogP contribution in [-0.4, -0.2) is 41.0 Å². The van der Waals surface area contributed by atoms with Gasteiger partial charge in [0, 0.05) is 7.11 Å². The number of carboxylic acid groups (broad SMARTS) is 1. The van der Waals surface area contributed by atoms with E-state index < -0.39 is 12.1 Å². The number of carboxylic acids is 1. The molecule has 0 aliphatic heterocycles. The first-order valence-corrected chi connectivity index (χ1v) is 4.37. The van der Waals surface area contributed by atoms with E-state index in [0.29, 0.717) is 5.13 Å². The lowest BCUT2D eigenvalue weighted by atomic mass is 10.3. The third-order valence-corrected chi connectivity index (χ3v) is 2.01. The molecule has 1 heterocycles. The van der Waals surface area contributed by atoms with E-state index in [9.17, 15) is 4.79 Å². The lowest BCUT2D eigenvalue weighted by Gasteiger charge is -2.09. The Morgan fingerprint density at radius 2 is 2.69 bits per heavy atom. The zero-order chi connectivity index (χ0) is 9.68. The molecular weight excluding hydrogens is 194 g/mol. The highest BCUT2D eigenvalue weighted by atomic mass is 32.1. The summed E-state index contributed by atoms with van der Waals surface area (Å²) in [5.41, 5.74) is 1.56. The average molecular weight is 203 g/mol. The fourth-order valence-corrected chi connectivity index (χ4v) is 1.16. The fourth-order valence-electron chi connectivity index (χ4n) is 0.702. The Morgan fingerprint density at radius 3 is 3.15 bits per heavy atom. The summed E-state index contributed by atoms with van der Waals surface area (Å²) in [7, 11) is 1.35. The summed E-state index contributed by atoms with van der Waals surface area (Å²) in [4.78, 5) is 10.5. The van der Waals surface area contributed by atoms with E-state index in [2.05, 4.69) is 15.5 Å². The number of anilines is 1. The second-order valence-electron chi connectivity index (χ2n) is 2.19. The molecule has 1 aromatic heterocycles. The number of aliphatic carboxylic acids is 1. The first kappa shape index (κ1) is 9.87. The lowest BCUT2D eigenvalue weighted by molar-refractivity contribution is -0.147. The van der Waals surface area contributed by atoms with Crippen LogP contribution in [0.4, 0.5) is 5.13 Å². The zero-order valence-electron chi connectivity index (χ0n) is 6.93. The number of hydrogen-bond donors (Lipinski definition) is 2. The Kier molecular flexibility index (Phi) is 3.59. The van der Waals surface area contributed by atoms with Crippen molar-refractivity contribution in [2.45, 2.75) is 6.10 Å². The molecule has 0 saturated carbocycles. The highest BCUT2D eigenvalue weighted by Gasteiger charge is 2.15. The van der Waals surface area contributed by atoms with Crippen molar-refractivity contribution in [2.24, 2.45) is 0 Å². The molecule has 0 aliphatic rings. The summed E-state index contributed by atoms with van der Waals surface area (Å²) in [6, 6.07) is 0. The highest BCUT2D eigenvalue weighted by molar-refractivity contribution is 7.13. The van der Waals surface area contributed by atoms with E-state index in [-0.39, 0.29) is 6.54 Å². The van der Waals surface area contributed by atoms with Crippen LogP contribution in [0.25, 0.3) is 0 Å². The normalized spacial score (nSPS) is 12.4. The van der Waals surface area contributed by atoms with Gasteiger partial charge in [-0.15, -0.1) is 10.2 Å². The van der Waals surface area contributed by atoms with Gasteiger partial charge < -0.3 is 15.2 Å². The zero-order valence-corrected chi connectivity index (χ0v) is 7.74. The van der Waals surface area contributed by atoms with Crippen molar-refractivity contribution < 1.29 is 14.6 Å². The van der Waals surface area contributed by atoms with E-state index in [4.69, 9.17) is 9.84 Å². The third kappa shape index (κ3) is 2.96. The standard InChI is InChI=1S/C6H9N3O3S/c1-12-4(5(10)11)2-7-6-9-8-3-13-6/h3-4H,2H2,1H3,(H,7,9)(H,10,11). The number of aromatic nitrogens is 2. The van der Waals surface area contributed by atoms with Gasteiger partial charge in [-0.05, 0) is 0 Å². The summed E-state index contributed by atoms with van der Waals surface area (Å²) < 4.78 is 4.70. The molecule has 0 aromatic carbocycles. The predicted molar refractivity (Wildman–Crippen MR) is 46.8 cm³/mol. The summed E-state index contributed by atoms with van der Waals surface area (Å²) in [6.45, 7) is 0.182. The number of ether oxygens (including phenoxy) is 1. The summed E-state index contributed by atoms with van der Waals surface area (Å²) in [5, 5.41) is 19.3. The summed E-state index contributed by atoms with van der Waals surface area (Å²) in [5.74, 6) is -1.00. The first-order valence-electron chi connectivity index (χ1n) is 3.49. The number of methoxy groups -OCH3 is 1. The van der Waals surface area contributed by atoms with Crippen molar-refractivity contribution in [1.29, 1.82) is 0 Å². The number of carbonyl (C=O) groups is 1. The second-order valence-corrected chi connectivity index (χ2v) is 3.02. The molecule has 0 bridgehead atoms.